The smallest absolute Gasteiger partial charge is 0.253 e. The van der Waals surface area contributed by atoms with Crippen molar-refractivity contribution in [3.05, 3.63) is 65.5 Å². The Labute approximate surface area is 181 Å². The zero-order valence-electron chi connectivity index (χ0n) is 17.5. The normalized spacial score (nSPS) is 17.1. The molecule has 31 heavy (non-hydrogen) atoms. The lowest BCUT2D eigenvalue weighted by Gasteiger charge is -2.31. The van der Waals surface area contributed by atoms with Crippen LogP contribution >= 0.6 is 0 Å². The van der Waals surface area contributed by atoms with Crippen molar-refractivity contribution in [2.24, 2.45) is 5.92 Å². The third-order valence-electron chi connectivity index (χ3n) is 6.29. The average Bonchev–Trinajstić information content (AvgIpc) is 3.57. The molecule has 2 amide bonds. The third kappa shape index (κ3) is 4.63. The predicted octanol–water partition coefficient (Wildman–Crippen LogP) is 4.26. The van der Waals surface area contributed by atoms with E-state index in [1.165, 1.54) is 0 Å². The first-order valence-corrected chi connectivity index (χ1v) is 11.2. The molecular weight excluding hydrogens is 390 g/mol. The number of aromatic nitrogens is 1. The third-order valence-corrected chi connectivity index (χ3v) is 6.29. The van der Waals surface area contributed by atoms with Crippen LogP contribution in [0.4, 0.5) is 0 Å². The Kier molecular flexibility index (Phi) is 5.45. The zero-order valence-corrected chi connectivity index (χ0v) is 17.5. The second kappa shape index (κ2) is 8.53. The summed E-state index contributed by atoms with van der Waals surface area (Å²) < 4.78 is 5.80. The molecule has 1 saturated carbocycles. The van der Waals surface area contributed by atoms with Gasteiger partial charge in [0.25, 0.3) is 5.91 Å². The summed E-state index contributed by atoms with van der Waals surface area (Å²) in [5.41, 5.74) is 3.27. The summed E-state index contributed by atoms with van der Waals surface area (Å²) >= 11 is 0. The fourth-order valence-electron chi connectivity index (χ4n) is 4.24. The number of fused-ring (bicyclic) bond motifs is 1. The molecule has 0 radical (unpaired) electrons. The molecule has 160 valence electrons. The lowest BCUT2D eigenvalue weighted by atomic mass is 9.92. The van der Waals surface area contributed by atoms with E-state index in [2.05, 4.69) is 10.3 Å². The topological polar surface area (TPSA) is 75.4 Å². The first kappa shape index (κ1) is 19.8. The molecule has 2 fully saturated rings. The van der Waals surface area contributed by atoms with E-state index in [0.717, 1.165) is 48.2 Å². The summed E-state index contributed by atoms with van der Waals surface area (Å²) in [7, 11) is 0. The minimum atomic E-state index is 0.0323. The van der Waals surface area contributed by atoms with Crippen LogP contribution in [0, 0.1) is 5.92 Å². The number of nitrogens with zero attached hydrogens (tertiary/aromatic N) is 2. The van der Waals surface area contributed by atoms with Crippen molar-refractivity contribution in [3.63, 3.8) is 0 Å². The Morgan fingerprint density at radius 2 is 1.81 bits per heavy atom. The van der Waals surface area contributed by atoms with Gasteiger partial charge in [0.2, 0.25) is 5.91 Å². The Hall–Kier alpha value is -3.15. The van der Waals surface area contributed by atoms with Gasteiger partial charge in [0.1, 0.15) is 5.52 Å². The molecule has 0 atom stereocenters. The predicted molar refractivity (Wildman–Crippen MR) is 118 cm³/mol. The van der Waals surface area contributed by atoms with Crippen molar-refractivity contribution in [3.8, 4) is 0 Å². The standard InChI is InChI=1S/C25H27N3O3/c29-23(26-16-18-4-2-1-3-5-18)14-17-10-12-28(13-11-17)25(30)20-8-9-22-21(15-20)27-24(31-22)19-6-7-19/h1-5,8-9,15,17,19H,6-7,10-14,16H2,(H,26,29). The highest BCUT2D eigenvalue weighted by Gasteiger charge is 2.29. The van der Waals surface area contributed by atoms with Crippen LogP contribution in [0.3, 0.4) is 0 Å². The molecule has 2 heterocycles. The first-order valence-electron chi connectivity index (χ1n) is 11.2. The SMILES string of the molecule is O=C(CC1CCN(C(=O)c2ccc3oc(C4CC4)nc3c2)CC1)NCc1ccccc1. The number of likely N-dealkylation sites (tertiary alicyclic amines) is 1. The number of carbonyl (C=O) groups excluding carboxylic acids is 2. The van der Waals surface area contributed by atoms with Gasteiger partial charge in [0, 0.05) is 37.5 Å². The molecule has 1 N–H and O–H groups in total. The van der Waals surface area contributed by atoms with Gasteiger partial charge >= 0.3 is 0 Å². The summed E-state index contributed by atoms with van der Waals surface area (Å²) in [6.07, 6.45) is 4.49. The number of amides is 2. The molecule has 2 aliphatic rings. The van der Waals surface area contributed by atoms with Gasteiger partial charge in [0.15, 0.2) is 11.5 Å². The number of carbonyl (C=O) groups is 2. The molecule has 0 unspecified atom stereocenters. The van der Waals surface area contributed by atoms with Crippen LogP contribution in [-0.2, 0) is 11.3 Å². The van der Waals surface area contributed by atoms with E-state index < -0.39 is 0 Å². The molecule has 5 rings (SSSR count). The van der Waals surface area contributed by atoms with Crippen molar-refractivity contribution < 1.29 is 14.0 Å². The molecule has 3 aromatic rings. The van der Waals surface area contributed by atoms with Crippen molar-refractivity contribution in [1.82, 2.24) is 15.2 Å². The maximum absolute atomic E-state index is 13.0. The summed E-state index contributed by atoms with van der Waals surface area (Å²) in [6, 6.07) is 15.5. The summed E-state index contributed by atoms with van der Waals surface area (Å²) in [4.78, 5) is 31.7. The second-order valence-corrected chi connectivity index (χ2v) is 8.71. The van der Waals surface area contributed by atoms with Crippen LogP contribution in [0.25, 0.3) is 11.1 Å². The highest BCUT2D eigenvalue weighted by Crippen LogP contribution is 2.40. The minimum absolute atomic E-state index is 0.0323. The maximum atomic E-state index is 13.0. The number of oxazole rings is 1. The van der Waals surface area contributed by atoms with Crippen LogP contribution in [0.5, 0.6) is 0 Å². The van der Waals surface area contributed by atoms with Gasteiger partial charge in [-0.05, 0) is 55.4 Å². The van der Waals surface area contributed by atoms with Gasteiger partial charge in [0.05, 0.1) is 0 Å². The molecule has 6 heteroatoms. The molecule has 2 aromatic carbocycles. The number of piperidine rings is 1. The van der Waals surface area contributed by atoms with Crippen LogP contribution in [0.15, 0.2) is 52.9 Å². The van der Waals surface area contributed by atoms with Gasteiger partial charge in [-0.1, -0.05) is 30.3 Å². The monoisotopic (exact) mass is 417 g/mol. The first-order chi connectivity index (χ1) is 15.2. The Bertz CT molecular complexity index is 1080. The van der Waals surface area contributed by atoms with Crippen molar-refractivity contribution in [2.75, 3.05) is 13.1 Å². The Morgan fingerprint density at radius 3 is 2.55 bits per heavy atom. The fraction of sp³-hybridized carbons (Fsp3) is 0.400. The Balaban J connectivity index is 1.12. The maximum Gasteiger partial charge on any atom is 0.253 e. The largest absolute Gasteiger partial charge is 0.440 e. The lowest BCUT2D eigenvalue weighted by molar-refractivity contribution is -0.122. The van der Waals surface area contributed by atoms with Gasteiger partial charge in [-0.3, -0.25) is 9.59 Å². The lowest BCUT2D eigenvalue weighted by Crippen LogP contribution is -2.39. The summed E-state index contributed by atoms with van der Waals surface area (Å²) in [5, 5.41) is 3.00. The van der Waals surface area contributed by atoms with Gasteiger partial charge in [-0.25, -0.2) is 4.98 Å². The second-order valence-electron chi connectivity index (χ2n) is 8.71. The van der Waals surface area contributed by atoms with E-state index in [-0.39, 0.29) is 11.8 Å². The minimum Gasteiger partial charge on any atom is -0.440 e. The Morgan fingerprint density at radius 1 is 1.03 bits per heavy atom. The highest BCUT2D eigenvalue weighted by molar-refractivity contribution is 5.97. The molecule has 1 aromatic heterocycles. The zero-order chi connectivity index (χ0) is 21.2. The van der Waals surface area contributed by atoms with Crippen LogP contribution in [-0.4, -0.2) is 34.8 Å². The molecule has 0 bridgehead atoms. The van der Waals surface area contributed by atoms with Crippen LogP contribution in [0.2, 0.25) is 0 Å². The van der Waals surface area contributed by atoms with Crippen molar-refractivity contribution in [2.45, 2.75) is 44.6 Å². The molecule has 0 spiro atoms. The number of nitrogens with one attached hydrogen (secondary N) is 1. The van der Waals surface area contributed by atoms with E-state index in [9.17, 15) is 9.59 Å². The van der Waals surface area contributed by atoms with E-state index in [1.807, 2.05) is 53.4 Å². The summed E-state index contributed by atoms with van der Waals surface area (Å²) in [5.74, 6) is 1.68. The molecule has 1 saturated heterocycles. The number of hydrogen-bond donors (Lipinski definition) is 1. The number of rotatable bonds is 6. The van der Waals surface area contributed by atoms with E-state index >= 15 is 0 Å². The van der Waals surface area contributed by atoms with E-state index in [1.54, 1.807) is 0 Å². The van der Waals surface area contributed by atoms with Crippen LogP contribution in [0.1, 0.15) is 59.8 Å². The molecule has 6 nitrogen and oxygen atoms in total. The fourth-order valence-corrected chi connectivity index (χ4v) is 4.24. The van der Waals surface area contributed by atoms with Crippen LogP contribution < -0.4 is 5.32 Å². The molecular formula is C25H27N3O3. The van der Waals surface area contributed by atoms with E-state index in [4.69, 9.17) is 4.42 Å². The highest BCUT2D eigenvalue weighted by atomic mass is 16.3. The average molecular weight is 418 g/mol. The van der Waals surface area contributed by atoms with E-state index in [0.29, 0.717) is 43.5 Å². The molecule has 1 aliphatic heterocycles. The van der Waals surface area contributed by atoms with Crippen molar-refractivity contribution >= 4 is 22.9 Å². The summed E-state index contributed by atoms with van der Waals surface area (Å²) in [6.45, 7) is 1.92. The number of benzene rings is 2. The number of hydrogen-bond acceptors (Lipinski definition) is 4. The van der Waals surface area contributed by atoms with Gasteiger partial charge < -0.3 is 14.6 Å². The van der Waals surface area contributed by atoms with Gasteiger partial charge in [-0.2, -0.15) is 0 Å². The quantitative estimate of drug-likeness (QED) is 0.650. The van der Waals surface area contributed by atoms with Gasteiger partial charge in [-0.15, -0.1) is 0 Å². The molecule has 1 aliphatic carbocycles. The van der Waals surface area contributed by atoms with Crippen molar-refractivity contribution in [1.29, 1.82) is 0 Å².